The van der Waals surface area contributed by atoms with Crippen LogP contribution in [0.3, 0.4) is 0 Å². The highest BCUT2D eigenvalue weighted by Gasteiger charge is 2.27. The molecule has 0 saturated carbocycles. The summed E-state index contributed by atoms with van der Waals surface area (Å²) in [6, 6.07) is 14.1. The third-order valence-electron chi connectivity index (χ3n) is 5.06. The van der Waals surface area contributed by atoms with Gasteiger partial charge in [-0.15, -0.1) is 0 Å². The zero-order chi connectivity index (χ0) is 14.8. The van der Waals surface area contributed by atoms with Gasteiger partial charge < -0.3 is 0 Å². The summed E-state index contributed by atoms with van der Waals surface area (Å²) in [5, 5.41) is 3.09. The van der Waals surface area contributed by atoms with Crippen molar-refractivity contribution >= 4 is 32.6 Å². The van der Waals surface area contributed by atoms with E-state index >= 15 is 0 Å². The van der Waals surface area contributed by atoms with Crippen LogP contribution in [0.2, 0.25) is 0 Å². The molecule has 0 aliphatic carbocycles. The fraction of sp³-hybridized carbons (Fsp3) is 0.500. The summed E-state index contributed by atoms with van der Waals surface area (Å²) < 4.78 is 0. The van der Waals surface area contributed by atoms with Crippen molar-refractivity contribution in [2.24, 2.45) is 0 Å². The Balaban J connectivity index is 1.64. The summed E-state index contributed by atoms with van der Waals surface area (Å²) in [5.74, 6) is 8.54. The summed E-state index contributed by atoms with van der Waals surface area (Å²) in [6.45, 7) is 0. The normalized spacial score (nSPS) is 20.2. The molecule has 0 atom stereocenters. The van der Waals surface area contributed by atoms with Crippen molar-refractivity contribution < 1.29 is 0 Å². The van der Waals surface area contributed by atoms with Gasteiger partial charge in [0.15, 0.2) is 0 Å². The molecule has 2 aromatic rings. The second-order valence-corrected chi connectivity index (χ2v) is 11.3. The van der Waals surface area contributed by atoms with Crippen LogP contribution in [-0.2, 0) is 33.3 Å². The number of hydrogen-bond donors (Lipinski definition) is 0. The van der Waals surface area contributed by atoms with E-state index in [1.807, 2.05) is 0 Å². The molecule has 0 radical (unpaired) electrons. The number of hydrogen-bond acceptors (Lipinski definition) is 0. The topological polar surface area (TPSA) is 0 Å². The van der Waals surface area contributed by atoms with Crippen molar-refractivity contribution in [1.29, 1.82) is 0 Å². The van der Waals surface area contributed by atoms with Gasteiger partial charge in [-0.1, -0.05) is 36.4 Å². The van der Waals surface area contributed by atoms with Gasteiger partial charge in [-0.05, 0) is 58.2 Å². The van der Waals surface area contributed by atoms with Crippen molar-refractivity contribution in [1.82, 2.24) is 0 Å². The first-order chi connectivity index (χ1) is 10.9. The predicted molar refractivity (Wildman–Crippen MR) is 104 cm³/mol. The summed E-state index contributed by atoms with van der Waals surface area (Å²) in [6.07, 6.45) is 5.84. The molecule has 2 aliphatic rings. The quantitative estimate of drug-likeness (QED) is 0.715. The van der Waals surface area contributed by atoms with E-state index in [0.29, 0.717) is 21.8 Å². The van der Waals surface area contributed by atoms with Crippen LogP contribution in [0.15, 0.2) is 36.4 Å². The van der Waals surface area contributed by atoms with Crippen LogP contribution in [0, 0.1) is 0 Å². The summed E-state index contributed by atoms with van der Waals surface area (Å²) in [5.41, 5.74) is 3.22. The first kappa shape index (κ1) is 15.0. The predicted octanol–water partition coefficient (Wildman–Crippen LogP) is 4.66. The lowest BCUT2D eigenvalue weighted by Crippen LogP contribution is -2.09. The Morgan fingerprint density at radius 3 is 1.41 bits per heavy atom. The van der Waals surface area contributed by atoms with Gasteiger partial charge >= 0.3 is 0 Å². The zero-order valence-electron chi connectivity index (χ0n) is 13.4. The minimum absolute atomic E-state index is 0.657. The molecule has 0 nitrogen and oxygen atoms in total. The Morgan fingerprint density at radius 2 is 1.00 bits per heavy atom. The SMILES string of the molecule is c1ccc2c(C[S+]3CCCC3)ccc(C[S+]3CCCC3)c2c1. The highest BCUT2D eigenvalue weighted by Crippen LogP contribution is 2.29. The van der Waals surface area contributed by atoms with E-state index < -0.39 is 0 Å². The Kier molecular flexibility index (Phi) is 4.68. The highest BCUT2D eigenvalue weighted by atomic mass is 32.2. The molecule has 2 aromatic carbocycles. The van der Waals surface area contributed by atoms with Gasteiger partial charge in [0, 0.05) is 11.1 Å². The molecule has 2 heterocycles. The van der Waals surface area contributed by atoms with E-state index in [0.717, 1.165) is 0 Å². The second-order valence-electron chi connectivity index (χ2n) is 6.67. The molecule has 116 valence electrons. The number of fused-ring (bicyclic) bond motifs is 1. The van der Waals surface area contributed by atoms with E-state index in [-0.39, 0.29) is 0 Å². The Hall–Kier alpha value is -0.600. The van der Waals surface area contributed by atoms with Crippen LogP contribution in [-0.4, -0.2) is 23.0 Å². The summed E-state index contributed by atoms with van der Waals surface area (Å²) in [7, 11) is 1.31. The van der Waals surface area contributed by atoms with Crippen molar-refractivity contribution in [2.75, 3.05) is 23.0 Å². The average Bonchev–Trinajstić information content (AvgIpc) is 3.23. The van der Waals surface area contributed by atoms with Crippen LogP contribution in [0.4, 0.5) is 0 Å². The third kappa shape index (κ3) is 3.19. The Bertz CT molecular complexity index is 581. The molecular weight excluding hydrogens is 304 g/mol. The molecule has 0 unspecified atom stereocenters. The molecule has 0 bridgehead atoms. The molecule has 0 N–H and O–H groups in total. The second kappa shape index (κ2) is 6.88. The first-order valence-electron chi connectivity index (χ1n) is 8.68. The van der Waals surface area contributed by atoms with E-state index in [1.165, 1.54) is 60.2 Å². The van der Waals surface area contributed by atoms with Crippen LogP contribution in [0.1, 0.15) is 36.8 Å². The van der Waals surface area contributed by atoms with E-state index in [2.05, 4.69) is 36.4 Å². The third-order valence-corrected chi connectivity index (χ3v) is 9.96. The number of rotatable bonds is 4. The van der Waals surface area contributed by atoms with Crippen molar-refractivity contribution in [3.63, 3.8) is 0 Å². The molecule has 22 heavy (non-hydrogen) atoms. The maximum Gasteiger partial charge on any atom is 0.133 e. The standard InChI is InChI=1S/C20H26S2/c1-2-8-20-18(16-22-13-5-6-14-22)10-9-17(19(20)7-1)15-21-11-3-4-12-21/h1-2,7-10H,3-6,11-16H2/q+2. The smallest absolute Gasteiger partial charge is 0.0616 e. The molecule has 2 saturated heterocycles. The lowest BCUT2D eigenvalue weighted by Gasteiger charge is -2.11. The van der Waals surface area contributed by atoms with Gasteiger partial charge in [0.05, 0.1) is 0 Å². The highest BCUT2D eigenvalue weighted by molar-refractivity contribution is 7.96. The molecule has 2 aliphatic heterocycles. The van der Waals surface area contributed by atoms with E-state index in [1.54, 1.807) is 21.9 Å². The van der Waals surface area contributed by atoms with Gasteiger partial charge in [-0.2, -0.15) is 0 Å². The molecule has 2 fully saturated rings. The fourth-order valence-corrected chi connectivity index (χ4v) is 8.65. The van der Waals surface area contributed by atoms with Crippen LogP contribution >= 0.6 is 0 Å². The van der Waals surface area contributed by atoms with Crippen molar-refractivity contribution in [3.8, 4) is 0 Å². The maximum absolute atomic E-state index is 2.46. The van der Waals surface area contributed by atoms with E-state index in [4.69, 9.17) is 0 Å². The molecule has 0 aromatic heterocycles. The minimum Gasteiger partial charge on any atom is -0.0616 e. The lowest BCUT2D eigenvalue weighted by molar-refractivity contribution is 0.949. The minimum atomic E-state index is 0.657. The molecule has 0 spiro atoms. The number of benzene rings is 2. The average molecular weight is 331 g/mol. The summed E-state index contributed by atoms with van der Waals surface area (Å²) >= 11 is 0. The monoisotopic (exact) mass is 330 g/mol. The first-order valence-corrected chi connectivity index (χ1v) is 12.1. The fourth-order valence-electron chi connectivity index (χ4n) is 3.83. The van der Waals surface area contributed by atoms with Crippen molar-refractivity contribution in [3.05, 3.63) is 47.5 Å². The van der Waals surface area contributed by atoms with Crippen LogP contribution in [0.25, 0.3) is 10.8 Å². The van der Waals surface area contributed by atoms with Gasteiger partial charge in [0.1, 0.15) is 34.5 Å². The largest absolute Gasteiger partial charge is 0.133 e. The zero-order valence-corrected chi connectivity index (χ0v) is 15.0. The van der Waals surface area contributed by atoms with Crippen LogP contribution < -0.4 is 0 Å². The van der Waals surface area contributed by atoms with Gasteiger partial charge in [-0.25, -0.2) is 0 Å². The van der Waals surface area contributed by atoms with Crippen molar-refractivity contribution in [2.45, 2.75) is 37.2 Å². The Labute approximate surface area is 140 Å². The molecular formula is C20H26S2+2. The lowest BCUT2D eigenvalue weighted by atomic mass is 10.0. The molecule has 2 heteroatoms. The van der Waals surface area contributed by atoms with E-state index in [9.17, 15) is 0 Å². The van der Waals surface area contributed by atoms with Gasteiger partial charge in [0.25, 0.3) is 0 Å². The Morgan fingerprint density at radius 1 is 0.591 bits per heavy atom. The summed E-state index contributed by atoms with van der Waals surface area (Å²) in [4.78, 5) is 0. The molecule has 4 rings (SSSR count). The maximum atomic E-state index is 2.46. The molecule has 0 amide bonds. The van der Waals surface area contributed by atoms with Gasteiger partial charge in [-0.3, -0.25) is 0 Å². The van der Waals surface area contributed by atoms with Gasteiger partial charge in [0.2, 0.25) is 0 Å². The van der Waals surface area contributed by atoms with Crippen LogP contribution in [0.5, 0.6) is 0 Å².